The molecule has 100 valence electrons. The zero-order valence-corrected chi connectivity index (χ0v) is 9.68. The highest BCUT2D eigenvalue weighted by Crippen LogP contribution is 2.25. The fraction of sp³-hybridized carbons (Fsp3) is 0.273. The molecular formula is C11H11N3O5. The van der Waals surface area contributed by atoms with Crippen molar-refractivity contribution in [2.24, 2.45) is 5.73 Å². The number of nitrogens with two attached hydrogens (primary N) is 1. The second-order valence-corrected chi connectivity index (χ2v) is 3.82. The molecule has 0 saturated carbocycles. The summed E-state index contributed by atoms with van der Waals surface area (Å²) < 4.78 is 0. The summed E-state index contributed by atoms with van der Waals surface area (Å²) in [4.78, 5) is 20.5. The zero-order chi connectivity index (χ0) is 14.6. The van der Waals surface area contributed by atoms with Crippen LogP contribution in [0.5, 0.6) is 0 Å². The van der Waals surface area contributed by atoms with E-state index in [-0.39, 0.29) is 16.8 Å². The summed E-state index contributed by atoms with van der Waals surface area (Å²) in [5.74, 6) is -0.813. The first kappa shape index (κ1) is 14.6. The van der Waals surface area contributed by atoms with Gasteiger partial charge in [0.1, 0.15) is 6.10 Å². The van der Waals surface area contributed by atoms with Crippen molar-refractivity contribution in [3.8, 4) is 6.07 Å². The van der Waals surface area contributed by atoms with Crippen molar-refractivity contribution >= 4 is 11.6 Å². The minimum atomic E-state index is -1.53. The number of rotatable bonds is 5. The quantitative estimate of drug-likeness (QED) is 0.492. The predicted octanol–water partition coefficient (Wildman–Crippen LogP) is -0.264. The van der Waals surface area contributed by atoms with Gasteiger partial charge in [-0.3, -0.25) is 14.9 Å². The fourth-order valence-electron chi connectivity index (χ4n) is 1.54. The zero-order valence-electron chi connectivity index (χ0n) is 9.68. The third-order valence-electron chi connectivity index (χ3n) is 2.46. The number of hydrogen-bond acceptors (Lipinski definition) is 6. The number of hydrogen-bond donors (Lipinski definition) is 3. The maximum Gasteiger partial charge on any atom is 0.270 e. The summed E-state index contributed by atoms with van der Waals surface area (Å²) in [6, 6.07) is 4.92. The number of non-ortho nitro benzene ring substituents is 1. The lowest BCUT2D eigenvalue weighted by Gasteiger charge is -2.17. The summed E-state index contributed by atoms with van der Waals surface area (Å²) >= 11 is 0. The normalized spacial score (nSPS) is 13.3. The average Bonchev–Trinajstić information content (AvgIpc) is 2.36. The van der Waals surface area contributed by atoms with Crippen molar-refractivity contribution in [2.45, 2.75) is 18.6 Å². The molecule has 8 heteroatoms. The number of aliphatic hydroxyl groups excluding tert-OH is 2. The number of nitrogens with zero attached hydrogens (tertiary/aromatic N) is 2. The molecule has 0 aliphatic rings. The molecule has 2 unspecified atom stereocenters. The lowest BCUT2D eigenvalue weighted by atomic mass is 9.97. The Hall–Kier alpha value is -2.50. The number of aliphatic hydroxyl groups is 2. The number of carbonyl (C=O) groups is 1. The molecule has 0 aromatic heterocycles. The lowest BCUT2D eigenvalue weighted by Crippen LogP contribution is -2.26. The molecule has 0 saturated heterocycles. The highest BCUT2D eigenvalue weighted by molar-refractivity contribution is 5.74. The molecule has 0 fully saturated rings. The summed E-state index contributed by atoms with van der Waals surface area (Å²) in [5, 5.41) is 38.8. The molecule has 2 atom stereocenters. The van der Waals surface area contributed by atoms with E-state index in [4.69, 9.17) is 11.0 Å². The molecule has 0 aliphatic carbocycles. The van der Waals surface area contributed by atoms with Crippen LogP contribution in [-0.4, -0.2) is 27.1 Å². The molecule has 1 aromatic carbocycles. The minimum absolute atomic E-state index is 0.00171. The molecule has 0 spiro atoms. The maximum atomic E-state index is 10.6. The van der Waals surface area contributed by atoms with Crippen molar-refractivity contribution in [1.29, 1.82) is 5.26 Å². The van der Waals surface area contributed by atoms with E-state index < -0.39 is 29.5 Å². The molecule has 1 aromatic rings. The molecule has 0 heterocycles. The number of nitro benzene ring substituents is 1. The molecule has 1 rings (SSSR count). The Morgan fingerprint density at radius 1 is 1.53 bits per heavy atom. The van der Waals surface area contributed by atoms with E-state index in [9.17, 15) is 25.1 Å². The number of amides is 1. The summed E-state index contributed by atoms with van der Waals surface area (Å²) in [6.45, 7) is 0. The van der Waals surface area contributed by atoms with Gasteiger partial charge in [0.25, 0.3) is 5.69 Å². The van der Waals surface area contributed by atoms with Crippen LogP contribution < -0.4 is 5.73 Å². The highest BCUT2D eigenvalue weighted by Gasteiger charge is 2.24. The van der Waals surface area contributed by atoms with Crippen LogP contribution in [0.3, 0.4) is 0 Å². The van der Waals surface area contributed by atoms with Gasteiger partial charge in [-0.25, -0.2) is 0 Å². The molecular weight excluding hydrogens is 254 g/mol. The Morgan fingerprint density at radius 2 is 2.16 bits per heavy atom. The van der Waals surface area contributed by atoms with Crippen LogP contribution in [-0.2, 0) is 4.79 Å². The van der Waals surface area contributed by atoms with Gasteiger partial charge in [-0.15, -0.1) is 0 Å². The molecule has 4 N–H and O–H groups in total. The highest BCUT2D eigenvalue weighted by atomic mass is 16.6. The summed E-state index contributed by atoms with van der Waals surface area (Å²) in [5.41, 5.74) is 4.42. The number of primary amides is 1. The number of nitriles is 1. The number of nitro groups is 1. The summed E-state index contributed by atoms with van der Waals surface area (Å²) in [7, 11) is 0. The van der Waals surface area contributed by atoms with Crippen LogP contribution in [0.25, 0.3) is 0 Å². The van der Waals surface area contributed by atoms with Gasteiger partial charge in [-0.05, 0) is 6.07 Å². The lowest BCUT2D eigenvalue weighted by molar-refractivity contribution is -0.384. The Kier molecular flexibility index (Phi) is 4.52. The van der Waals surface area contributed by atoms with Crippen LogP contribution in [0, 0.1) is 21.4 Å². The van der Waals surface area contributed by atoms with Crippen LogP contribution >= 0.6 is 0 Å². The minimum Gasteiger partial charge on any atom is -0.390 e. The second kappa shape index (κ2) is 5.90. The Balaban J connectivity index is 3.10. The maximum absolute atomic E-state index is 10.6. The van der Waals surface area contributed by atoms with Gasteiger partial charge in [0, 0.05) is 17.7 Å². The fourth-order valence-corrected chi connectivity index (χ4v) is 1.54. The van der Waals surface area contributed by atoms with Crippen molar-refractivity contribution < 1.29 is 19.9 Å². The van der Waals surface area contributed by atoms with Crippen molar-refractivity contribution in [2.75, 3.05) is 0 Å². The SMILES string of the molecule is N#Cc1cc([N+](=O)[O-])ccc1C(O)C(O)CC(N)=O. The second-order valence-electron chi connectivity index (χ2n) is 3.82. The average molecular weight is 265 g/mol. The van der Waals surface area contributed by atoms with Crippen molar-refractivity contribution in [3.63, 3.8) is 0 Å². The van der Waals surface area contributed by atoms with Gasteiger partial charge in [-0.1, -0.05) is 0 Å². The molecule has 1 amide bonds. The standard InChI is InChI=1S/C11H11N3O5/c12-5-6-3-7(14(18)19)1-2-8(6)11(17)9(15)4-10(13)16/h1-3,9,11,15,17H,4H2,(H2,13,16). The Labute approximate surface area is 107 Å². The number of carbonyl (C=O) groups excluding carboxylic acids is 1. The monoisotopic (exact) mass is 265 g/mol. The topological polar surface area (TPSA) is 150 Å². The smallest absolute Gasteiger partial charge is 0.270 e. The van der Waals surface area contributed by atoms with Crippen LogP contribution in [0.15, 0.2) is 18.2 Å². The van der Waals surface area contributed by atoms with E-state index in [1.807, 2.05) is 0 Å². The molecule has 0 bridgehead atoms. The van der Waals surface area contributed by atoms with Gasteiger partial charge >= 0.3 is 0 Å². The molecule has 19 heavy (non-hydrogen) atoms. The molecule has 8 nitrogen and oxygen atoms in total. The third kappa shape index (κ3) is 3.48. The van der Waals surface area contributed by atoms with Gasteiger partial charge in [-0.2, -0.15) is 5.26 Å². The van der Waals surface area contributed by atoms with E-state index in [0.29, 0.717) is 0 Å². The van der Waals surface area contributed by atoms with Gasteiger partial charge in [0.15, 0.2) is 0 Å². The third-order valence-corrected chi connectivity index (χ3v) is 2.46. The van der Waals surface area contributed by atoms with Gasteiger partial charge in [0.05, 0.1) is 29.1 Å². The largest absolute Gasteiger partial charge is 0.390 e. The molecule has 0 radical (unpaired) electrons. The number of benzene rings is 1. The van der Waals surface area contributed by atoms with E-state index in [0.717, 1.165) is 18.2 Å². The molecule has 0 aliphatic heterocycles. The van der Waals surface area contributed by atoms with E-state index >= 15 is 0 Å². The van der Waals surface area contributed by atoms with E-state index in [1.54, 1.807) is 6.07 Å². The van der Waals surface area contributed by atoms with Gasteiger partial charge in [0.2, 0.25) is 5.91 Å². The van der Waals surface area contributed by atoms with E-state index in [1.165, 1.54) is 0 Å². The Morgan fingerprint density at radius 3 is 2.63 bits per heavy atom. The predicted molar refractivity (Wildman–Crippen MR) is 62.6 cm³/mol. The first-order chi connectivity index (χ1) is 8.86. The first-order valence-electron chi connectivity index (χ1n) is 5.19. The van der Waals surface area contributed by atoms with Crippen LogP contribution in [0.4, 0.5) is 5.69 Å². The van der Waals surface area contributed by atoms with Crippen molar-refractivity contribution in [3.05, 3.63) is 39.4 Å². The van der Waals surface area contributed by atoms with Crippen molar-refractivity contribution in [1.82, 2.24) is 0 Å². The Bertz CT molecular complexity index is 552. The van der Waals surface area contributed by atoms with E-state index in [2.05, 4.69) is 0 Å². The van der Waals surface area contributed by atoms with Crippen LogP contribution in [0.2, 0.25) is 0 Å². The van der Waals surface area contributed by atoms with Crippen LogP contribution in [0.1, 0.15) is 23.7 Å². The first-order valence-corrected chi connectivity index (χ1v) is 5.19. The summed E-state index contributed by atoms with van der Waals surface area (Å²) in [6.07, 6.45) is -3.49. The van der Waals surface area contributed by atoms with Gasteiger partial charge < -0.3 is 15.9 Å².